The summed E-state index contributed by atoms with van der Waals surface area (Å²) in [6.07, 6.45) is 8.80. The third-order valence-electron chi connectivity index (χ3n) is 6.82. The molecule has 0 unspecified atom stereocenters. The first-order chi connectivity index (χ1) is 16.1. The minimum atomic E-state index is -0.167. The molecule has 5 rings (SSSR count). The van der Waals surface area contributed by atoms with E-state index >= 15 is 0 Å². The van der Waals surface area contributed by atoms with Crippen molar-refractivity contribution in [2.24, 2.45) is 5.92 Å². The largest absolute Gasteiger partial charge is 0.380 e. The molecule has 33 heavy (non-hydrogen) atoms. The maximum Gasteiger partial charge on any atom is 0.250 e. The molecular weight excluding hydrogens is 422 g/mol. The first-order valence-corrected chi connectivity index (χ1v) is 11.7. The van der Waals surface area contributed by atoms with Crippen LogP contribution in [0.5, 0.6) is 0 Å². The lowest BCUT2D eigenvalue weighted by Gasteiger charge is -2.34. The van der Waals surface area contributed by atoms with Crippen LogP contribution in [0.25, 0.3) is 0 Å². The Morgan fingerprint density at radius 1 is 1.06 bits per heavy atom. The van der Waals surface area contributed by atoms with E-state index in [1.165, 1.54) is 5.06 Å². The Labute approximate surface area is 193 Å². The van der Waals surface area contributed by atoms with Crippen LogP contribution >= 0.6 is 0 Å². The van der Waals surface area contributed by atoms with Gasteiger partial charge in [0.1, 0.15) is 11.9 Å². The summed E-state index contributed by atoms with van der Waals surface area (Å²) in [4.78, 5) is 41.5. The molecule has 3 aliphatic heterocycles. The van der Waals surface area contributed by atoms with Gasteiger partial charge in [0.15, 0.2) is 0 Å². The Kier molecular flexibility index (Phi) is 6.37. The van der Waals surface area contributed by atoms with Crippen LogP contribution in [0, 0.1) is 12.8 Å². The lowest BCUT2D eigenvalue weighted by Crippen LogP contribution is -2.42. The highest BCUT2D eigenvalue weighted by Gasteiger charge is 2.38. The molecular formula is C23H31N7O3. The van der Waals surface area contributed by atoms with E-state index in [1.54, 1.807) is 19.5 Å². The van der Waals surface area contributed by atoms with Crippen LogP contribution in [0.2, 0.25) is 0 Å². The molecule has 3 fully saturated rings. The van der Waals surface area contributed by atoms with Crippen molar-refractivity contribution in [2.45, 2.75) is 44.8 Å². The Balaban J connectivity index is 1.20. The van der Waals surface area contributed by atoms with Gasteiger partial charge in [-0.05, 0) is 32.3 Å². The number of hydrogen-bond donors (Lipinski definition) is 0. The zero-order valence-electron chi connectivity index (χ0n) is 19.3. The molecule has 5 heterocycles. The maximum atomic E-state index is 13.3. The first kappa shape index (κ1) is 22.0. The number of hydroxylamine groups is 2. The van der Waals surface area contributed by atoms with E-state index < -0.39 is 0 Å². The molecule has 0 N–H and O–H groups in total. The second-order valence-electron chi connectivity index (χ2n) is 8.95. The quantitative estimate of drug-likeness (QED) is 0.673. The summed E-state index contributed by atoms with van der Waals surface area (Å²) in [7, 11) is 1.76. The van der Waals surface area contributed by atoms with E-state index in [2.05, 4.69) is 24.8 Å². The lowest BCUT2D eigenvalue weighted by atomic mass is 9.95. The van der Waals surface area contributed by atoms with Gasteiger partial charge < -0.3 is 14.5 Å². The predicted octanol–water partition coefficient (Wildman–Crippen LogP) is 1.92. The van der Waals surface area contributed by atoms with Crippen LogP contribution in [0.4, 0.5) is 11.8 Å². The summed E-state index contributed by atoms with van der Waals surface area (Å²) in [6, 6.07) is 1.79. The highest BCUT2D eigenvalue weighted by molar-refractivity contribution is 5.78. The van der Waals surface area contributed by atoms with Crippen LogP contribution in [-0.2, 0) is 14.4 Å². The van der Waals surface area contributed by atoms with Crippen molar-refractivity contribution < 1.29 is 14.4 Å². The molecule has 2 atom stereocenters. The monoisotopic (exact) mass is 453 g/mol. The Hall–Kier alpha value is -2.85. The molecule has 3 aliphatic rings. The molecule has 0 saturated carbocycles. The zero-order chi connectivity index (χ0) is 22.8. The Bertz CT molecular complexity index is 965. The summed E-state index contributed by atoms with van der Waals surface area (Å²) < 4.78 is 5.48. The number of aryl methyl sites for hydroxylation is 1. The Morgan fingerprint density at radius 3 is 2.61 bits per heavy atom. The fraction of sp³-hybridized carbons (Fsp3) is 0.609. The van der Waals surface area contributed by atoms with Gasteiger partial charge in [0.25, 0.3) is 0 Å². The number of methoxy groups -OCH3 is 1. The minimum Gasteiger partial charge on any atom is -0.380 e. The van der Waals surface area contributed by atoms with E-state index in [4.69, 9.17) is 14.6 Å². The van der Waals surface area contributed by atoms with Gasteiger partial charge in [-0.3, -0.25) is 19.6 Å². The molecule has 10 nitrogen and oxygen atoms in total. The average Bonchev–Trinajstić information content (AvgIpc) is 3.54. The van der Waals surface area contributed by atoms with Gasteiger partial charge in [-0.2, -0.15) is 4.98 Å². The molecule has 0 radical (unpaired) electrons. The van der Waals surface area contributed by atoms with Crippen LogP contribution < -0.4 is 9.80 Å². The van der Waals surface area contributed by atoms with Gasteiger partial charge in [0.05, 0.1) is 30.3 Å². The van der Waals surface area contributed by atoms with Crippen molar-refractivity contribution in [2.75, 3.05) is 49.7 Å². The number of ether oxygens (including phenoxy) is 1. The number of amides is 1. The average molecular weight is 454 g/mol. The summed E-state index contributed by atoms with van der Waals surface area (Å²) in [6.45, 7) is 5.69. The number of piperidine rings is 1. The summed E-state index contributed by atoms with van der Waals surface area (Å²) in [5.41, 5.74) is 1.64. The molecule has 3 saturated heterocycles. The van der Waals surface area contributed by atoms with Gasteiger partial charge in [-0.15, -0.1) is 0 Å². The van der Waals surface area contributed by atoms with Crippen molar-refractivity contribution in [3.8, 4) is 0 Å². The predicted molar refractivity (Wildman–Crippen MR) is 122 cm³/mol. The lowest BCUT2D eigenvalue weighted by molar-refractivity contribution is -0.182. The van der Waals surface area contributed by atoms with Crippen molar-refractivity contribution in [3.05, 3.63) is 36.0 Å². The molecule has 176 valence electrons. The summed E-state index contributed by atoms with van der Waals surface area (Å²) in [5, 5.41) is 1.54. The third-order valence-corrected chi connectivity index (χ3v) is 6.82. The molecule has 0 aliphatic carbocycles. The molecule has 0 spiro atoms. The van der Waals surface area contributed by atoms with Gasteiger partial charge in [-0.25, -0.2) is 10.0 Å². The smallest absolute Gasteiger partial charge is 0.250 e. The fourth-order valence-corrected chi connectivity index (χ4v) is 4.83. The highest BCUT2D eigenvalue weighted by atomic mass is 16.7. The van der Waals surface area contributed by atoms with Crippen molar-refractivity contribution >= 4 is 17.7 Å². The Morgan fingerprint density at radius 2 is 1.88 bits per heavy atom. The van der Waals surface area contributed by atoms with Crippen molar-refractivity contribution in [1.82, 2.24) is 25.0 Å². The molecule has 2 aromatic rings. The van der Waals surface area contributed by atoms with Gasteiger partial charge in [0, 0.05) is 58.0 Å². The number of nitrogens with zero attached hydrogens (tertiary/aromatic N) is 7. The van der Waals surface area contributed by atoms with E-state index in [9.17, 15) is 4.79 Å². The van der Waals surface area contributed by atoms with E-state index in [0.29, 0.717) is 6.61 Å². The van der Waals surface area contributed by atoms with Gasteiger partial charge >= 0.3 is 0 Å². The first-order valence-electron chi connectivity index (χ1n) is 11.7. The summed E-state index contributed by atoms with van der Waals surface area (Å²) >= 11 is 0. The van der Waals surface area contributed by atoms with Crippen LogP contribution in [0.3, 0.4) is 0 Å². The standard InChI is InChI=1S/C23H31N7O3/c1-16-13-26-19(14-25-16)20-7-12-33-30(20)22(31)17-4-9-28(10-5-17)23-24-8-3-21(27-23)29-11-6-18(15-29)32-2/h3,8,13-14,17-18,20H,4-7,9-12,15H2,1-2H3/t18-,20-/m0/s1. The maximum absolute atomic E-state index is 13.3. The van der Waals surface area contributed by atoms with Gasteiger partial charge in [-0.1, -0.05) is 0 Å². The second-order valence-corrected chi connectivity index (χ2v) is 8.95. The number of anilines is 2. The molecule has 10 heteroatoms. The molecule has 0 bridgehead atoms. The van der Waals surface area contributed by atoms with Crippen LogP contribution in [-0.4, -0.2) is 76.9 Å². The topological polar surface area (TPSA) is 96.8 Å². The number of rotatable bonds is 5. The number of carbonyl (C=O) groups excluding carboxylic acids is 1. The van der Waals surface area contributed by atoms with Gasteiger partial charge in [0.2, 0.25) is 11.9 Å². The third kappa shape index (κ3) is 4.63. The van der Waals surface area contributed by atoms with E-state index in [0.717, 1.165) is 75.0 Å². The van der Waals surface area contributed by atoms with E-state index in [-0.39, 0.29) is 24.0 Å². The van der Waals surface area contributed by atoms with Crippen LogP contribution in [0.1, 0.15) is 43.1 Å². The van der Waals surface area contributed by atoms with Crippen molar-refractivity contribution in [3.63, 3.8) is 0 Å². The summed E-state index contributed by atoms with van der Waals surface area (Å²) in [5.74, 6) is 1.62. The fourth-order valence-electron chi connectivity index (χ4n) is 4.83. The van der Waals surface area contributed by atoms with E-state index in [1.807, 2.05) is 19.2 Å². The van der Waals surface area contributed by atoms with Crippen molar-refractivity contribution in [1.29, 1.82) is 0 Å². The number of aromatic nitrogens is 4. The molecule has 1 amide bonds. The van der Waals surface area contributed by atoms with Crippen LogP contribution in [0.15, 0.2) is 24.7 Å². The normalized spacial score (nSPS) is 24.0. The number of hydrogen-bond acceptors (Lipinski definition) is 9. The number of carbonyl (C=O) groups is 1. The molecule has 2 aromatic heterocycles. The highest BCUT2D eigenvalue weighted by Crippen LogP contribution is 2.33. The SMILES string of the molecule is CO[C@H]1CCN(c2ccnc(N3CCC(C(=O)N4OCC[C@H]4c4cnc(C)cn4)CC3)n2)C1. The molecule has 0 aromatic carbocycles. The minimum absolute atomic E-state index is 0.0388. The second kappa shape index (κ2) is 9.56. The zero-order valence-corrected chi connectivity index (χ0v) is 19.3.